The van der Waals surface area contributed by atoms with E-state index in [1.165, 1.54) is 18.2 Å². The average Bonchev–Trinajstić information content (AvgIpc) is 2.66. The highest BCUT2D eigenvalue weighted by atomic mass is 16.4. The molecular weight excluding hydrogens is 396 g/mol. The topological polar surface area (TPSA) is 176 Å². The number of carbonyl (C=O) groups is 2. The van der Waals surface area contributed by atoms with E-state index in [0.29, 0.717) is 5.56 Å². The van der Waals surface area contributed by atoms with Crippen molar-refractivity contribution in [1.29, 1.82) is 0 Å². The summed E-state index contributed by atoms with van der Waals surface area (Å²) in [5.41, 5.74) is 0.706. The van der Waals surface area contributed by atoms with Gasteiger partial charge in [0.15, 0.2) is 40.3 Å². The lowest BCUT2D eigenvalue weighted by Crippen LogP contribution is -2.32. The third-order valence-corrected chi connectivity index (χ3v) is 5.12. The van der Waals surface area contributed by atoms with Crippen LogP contribution in [0.1, 0.15) is 24.0 Å². The van der Waals surface area contributed by atoms with Crippen LogP contribution in [0, 0.1) is 11.8 Å². The summed E-state index contributed by atoms with van der Waals surface area (Å²) < 4.78 is 0. The van der Waals surface area contributed by atoms with Crippen LogP contribution in [-0.4, -0.2) is 47.5 Å². The van der Waals surface area contributed by atoms with E-state index in [4.69, 9.17) is 0 Å². The van der Waals surface area contributed by atoms with Crippen LogP contribution in [0.5, 0.6) is 34.5 Å². The van der Waals surface area contributed by atoms with Gasteiger partial charge >= 0.3 is 5.97 Å². The number of phenols is 6. The Morgan fingerprint density at radius 1 is 0.900 bits per heavy atom. The van der Waals surface area contributed by atoms with E-state index in [2.05, 4.69) is 0 Å². The van der Waals surface area contributed by atoms with Crippen LogP contribution in [0.3, 0.4) is 0 Å². The number of carbonyl (C=O) groups excluding carboxylic acids is 1. The van der Waals surface area contributed by atoms with Crippen LogP contribution >= 0.6 is 0 Å². The molecule has 9 nitrogen and oxygen atoms in total. The Bertz CT molecular complexity index is 1010. The Kier molecular flexibility index (Phi) is 5.46. The maximum atomic E-state index is 13.0. The van der Waals surface area contributed by atoms with Crippen LogP contribution in [0.25, 0.3) is 6.08 Å². The fraction of sp³-hybridized carbons (Fsp3) is 0.238. The number of benzene rings is 2. The first-order valence-corrected chi connectivity index (χ1v) is 9.03. The molecule has 30 heavy (non-hydrogen) atoms. The molecule has 0 bridgehead atoms. The molecule has 1 saturated carbocycles. The lowest BCUT2D eigenvalue weighted by molar-refractivity contribution is -0.143. The second kappa shape index (κ2) is 7.86. The molecule has 1 aliphatic carbocycles. The van der Waals surface area contributed by atoms with E-state index in [0.717, 1.165) is 12.1 Å². The van der Waals surface area contributed by atoms with Crippen molar-refractivity contribution in [2.75, 3.05) is 0 Å². The minimum absolute atomic E-state index is 0.0213. The molecule has 1 aliphatic rings. The zero-order valence-electron chi connectivity index (χ0n) is 15.6. The molecule has 1 fully saturated rings. The van der Waals surface area contributed by atoms with E-state index in [1.807, 2.05) is 0 Å². The zero-order chi connectivity index (χ0) is 22.2. The molecule has 0 heterocycles. The highest BCUT2D eigenvalue weighted by Crippen LogP contribution is 2.40. The van der Waals surface area contributed by atoms with E-state index in [9.17, 15) is 45.3 Å². The van der Waals surface area contributed by atoms with Gasteiger partial charge in [-0.3, -0.25) is 9.59 Å². The Morgan fingerprint density at radius 2 is 1.40 bits per heavy atom. The third-order valence-electron chi connectivity index (χ3n) is 5.12. The van der Waals surface area contributed by atoms with Gasteiger partial charge in [-0.1, -0.05) is 0 Å². The van der Waals surface area contributed by atoms with Gasteiger partial charge in [0.2, 0.25) is 0 Å². The van der Waals surface area contributed by atoms with Crippen molar-refractivity contribution >= 4 is 17.8 Å². The van der Waals surface area contributed by atoms with Crippen molar-refractivity contribution in [2.45, 2.75) is 19.3 Å². The molecule has 0 radical (unpaired) electrons. The number of ketones is 1. The normalized spacial score (nSPS) is 20.4. The Balaban J connectivity index is 1.95. The molecule has 3 rings (SSSR count). The summed E-state index contributed by atoms with van der Waals surface area (Å²) in [5, 5.41) is 67.0. The molecule has 9 heteroatoms. The quantitative estimate of drug-likeness (QED) is 0.291. The van der Waals surface area contributed by atoms with Crippen molar-refractivity contribution in [3.05, 3.63) is 41.0 Å². The predicted molar refractivity (Wildman–Crippen MR) is 103 cm³/mol. The Hall–Kier alpha value is -3.88. The molecule has 0 spiro atoms. The lowest BCUT2D eigenvalue weighted by Gasteiger charge is -2.28. The summed E-state index contributed by atoms with van der Waals surface area (Å²) in [6.45, 7) is 0. The number of phenolic OH excluding ortho intramolecular Hbond substituents is 6. The SMILES string of the molecule is O=C(O)C1C/C(=C\c2cc(O)c(O)c(O)c2)C(=O)C(Cc2cc(O)c(O)c(O)c2)C1. The molecule has 2 atom stereocenters. The van der Waals surface area contributed by atoms with Gasteiger partial charge in [-0.15, -0.1) is 0 Å². The van der Waals surface area contributed by atoms with Crippen LogP contribution < -0.4 is 0 Å². The summed E-state index contributed by atoms with van der Waals surface area (Å²) in [6.07, 6.45) is 1.35. The molecule has 0 aromatic heterocycles. The van der Waals surface area contributed by atoms with Gasteiger partial charge in [0.1, 0.15) is 0 Å². The molecular formula is C21H20O9. The van der Waals surface area contributed by atoms with Gasteiger partial charge in [-0.25, -0.2) is 0 Å². The van der Waals surface area contributed by atoms with Crippen molar-refractivity contribution in [3.8, 4) is 34.5 Å². The van der Waals surface area contributed by atoms with Crippen molar-refractivity contribution in [1.82, 2.24) is 0 Å². The predicted octanol–water partition coefficient (Wildman–Crippen LogP) is 2.23. The molecule has 0 amide bonds. The lowest BCUT2D eigenvalue weighted by atomic mass is 9.74. The van der Waals surface area contributed by atoms with Gasteiger partial charge < -0.3 is 35.7 Å². The molecule has 0 saturated heterocycles. The van der Waals surface area contributed by atoms with Crippen LogP contribution in [0.4, 0.5) is 0 Å². The number of aromatic hydroxyl groups is 6. The summed E-state index contributed by atoms with van der Waals surface area (Å²) in [4.78, 5) is 24.6. The van der Waals surface area contributed by atoms with E-state index in [-0.39, 0.29) is 36.2 Å². The van der Waals surface area contributed by atoms with Crippen LogP contribution in [-0.2, 0) is 16.0 Å². The smallest absolute Gasteiger partial charge is 0.306 e. The number of hydrogen-bond acceptors (Lipinski definition) is 8. The van der Waals surface area contributed by atoms with Gasteiger partial charge in [-0.2, -0.15) is 0 Å². The first kappa shape index (κ1) is 20.8. The number of aliphatic carboxylic acids is 1. The average molecular weight is 416 g/mol. The van der Waals surface area contributed by atoms with Crippen molar-refractivity contribution in [2.24, 2.45) is 11.8 Å². The molecule has 0 aliphatic heterocycles. The van der Waals surface area contributed by atoms with Gasteiger partial charge in [-0.05, 0) is 66.3 Å². The van der Waals surface area contributed by atoms with E-state index >= 15 is 0 Å². The molecule has 7 N–H and O–H groups in total. The van der Waals surface area contributed by atoms with Crippen LogP contribution in [0.2, 0.25) is 0 Å². The highest BCUT2D eigenvalue weighted by molar-refractivity contribution is 6.03. The number of carboxylic acids is 1. The summed E-state index contributed by atoms with van der Waals surface area (Å²) >= 11 is 0. The fourth-order valence-corrected chi connectivity index (χ4v) is 3.63. The maximum absolute atomic E-state index is 13.0. The number of allylic oxidation sites excluding steroid dienone is 1. The van der Waals surface area contributed by atoms with E-state index < -0.39 is 52.3 Å². The number of Topliss-reactive ketones (excluding diaryl/α,β-unsaturated/α-hetero) is 1. The largest absolute Gasteiger partial charge is 0.504 e. The summed E-state index contributed by atoms with van der Waals surface area (Å²) in [6, 6.07) is 4.63. The summed E-state index contributed by atoms with van der Waals surface area (Å²) in [7, 11) is 0. The van der Waals surface area contributed by atoms with Gasteiger partial charge in [0.25, 0.3) is 0 Å². The van der Waals surface area contributed by atoms with Gasteiger partial charge in [0.05, 0.1) is 5.92 Å². The van der Waals surface area contributed by atoms with Gasteiger partial charge in [0, 0.05) is 5.92 Å². The monoisotopic (exact) mass is 416 g/mol. The highest BCUT2D eigenvalue weighted by Gasteiger charge is 2.36. The Labute approximate surface area is 170 Å². The second-order valence-electron chi connectivity index (χ2n) is 7.30. The van der Waals surface area contributed by atoms with E-state index in [1.54, 1.807) is 0 Å². The third kappa shape index (κ3) is 4.09. The first-order valence-electron chi connectivity index (χ1n) is 9.03. The molecule has 2 aromatic rings. The fourth-order valence-electron chi connectivity index (χ4n) is 3.63. The number of hydrogen-bond donors (Lipinski definition) is 7. The summed E-state index contributed by atoms with van der Waals surface area (Å²) in [5.74, 6) is -6.78. The Morgan fingerprint density at radius 3 is 1.90 bits per heavy atom. The van der Waals surface area contributed by atoms with Crippen molar-refractivity contribution < 1.29 is 45.3 Å². The standard InChI is InChI=1S/C21H20O9/c22-14-3-9(4-15(23)19(14)27)1-11-7-13(21(29)30)8-12(18(11)26)2-10-5-16(24)20(28)17(25)6-10/h1,3-6,12-13,22-25,27-28H,2,7-8H2,(H,29,30)/b11-1+. The van der Waals surface area contributed by atoms with Crippen LogP contribution in [0.15, 0.2) is 29.8 Å². The second-order valence-corrected chi connectivity index (χ2v) is 7.30. The first-order chi connectivity index (χ1) is 14.1. The molecule has 2 unspecified atom stereocenters. The number of carboxylic acid groups (broad SMARTS) is 1. The minimum Gasteiger partial charge on any atom is -0.504 e. The van der Waals surface area contributed by atoms with Crippen molar-refractivity contribution in [3.63, 3.8) is 0 Å². The molecule has 158 valence electrons. The number of rotatable bonds is 4. The minimum atomic E-state index is -1.09. The maximum Gasteiger partial charge on any atom is 0.306 e. The molecule has 2 aromatic carbocycles. The zero-order valence-corrected chi connectivity index (χ0v) is 15.6.